The fourth-order valence-electron chi connectivity index (χ4n) is 3.01. The van der Waals surface area contributed by atoms with E-state index in [4.69, 9.17) is 4.98 Å². The first kappa shape index (κ1) is 15.9. The summed E-state index contributed by atoms with van der Waals surface area (Å²) >= 11 is 1.58. The zero-order chi connectivity index (χ0) is 15.2. The Hall–Kier alpha value is -0.460. The highest BCUT2D eigenvalue weighted by atomic mass is 32.2. The molecule has 0 amide bonds. The maximum absolute atomic E-state index is 12.1. The number of hydrogen-bond acceptors (Lipinski definition) is 5. The van der Waals surface area contributed by atoms with E-state index in [9.17, 15) is 8.42 Å². The first-order chi connectivity index (χ1) is 9.11. The number of hydrogen-bond donors (Lipinski definition) is 1. The lowest BCUT2D eigenvalue weighted by Gasteiger charge is -2.32. The maximum Gasteiger partial charge on any atom is 0.152 e. The van der Waals surface area contributed by atoms with Gasteiger partial charge in [0.2, 0.25) is 0 Å². The highest BCUT2D eigenvalue weighted by molar-refractivity contribution is 7.91. The van der Waals surface area contributed by atoms with E-state index in [2.05, 4.69) is 31.5 Å². The van der Waals surface area contributed by atoms with E-state index in [-0.39, 0.29) is 10.7 Å². The second-order valence-electron chi connectivity index (χ2n) is 6.72. The smallest absolute Gasteiger partial charge is 0.152 e. The maximum atomic E-state index is 12.1. The van der Waals surface area contributed by atoms with Crippen molar-refractivity contribution in [2.75, 3.05) is 13.3 Å². The minimum atomic E-state index is -3.09. The minimum absolute atomic E-state index is 0.0110. The Morgan fingerprint density at radius 1 is 1.45 bits per heavy atom. The molecule has 0 bridgehead atoms. The lowest BCUT2D eigenvalue weighted by molar-refractivity contribution is 0.367. The van der Waals surface area contributed by atoms with Crippen molar-refractivity contribution in [2.24, 2.45) is 0 Å². The Balaban J connectivity index is 2.49. The molecule has 1 aliphatic carbocycles. The van der Waals surface area contributed by atoms with Crippen LogP contribution in [0.3, 0.4) is 0 Å². The van der Waals surface area contributed by atoms with Gasteiger partial charge < -0.3 is 5.32 Å². The van der Waals surface area contributed by atoms with Crippen molar-refractivity contribution in [3.63, 3.8) is 0 Å². The van der Waals surface area contributed by atoms with Crippen molar-refractivity contribution >= 4 is 21.2 Å². The summed E-state index contributed by atoms with van der Waals surface area (Å²) < 4.78 is 24.2. The van der Waals surface area contributed by atoms with Gasteiger partial charge in [-0.3, -0.25) is 0 Å². The Kier molecular flexibility index (Phi) is 4.04. The van der Waals surface area contributed by atoms with Crippen LogP contribution in [0.5, 0.6) is 0 Å². The fraction of sp³-hybridized carbons (Fsp3) is 0.786. The number of nitrogens with zero attached hydrogens (tertiary/aromatic N) is 1. The highest BCUT2D eigenvalue weighted by Crippen LogP contribution is 2.44. The van der Waals surface area contributed by atoms with Crippen LogP contribution in [-0.4, -0.2) is 32.0 Å². The van der Waals surface area contributed by atoms with Crippen LogP contribution in [0.25, 0.3) is 0 Å². The fourth-order valence-corrected chi connectivity index (χ4v) is 6.10. The molecule has 0 saturated heterocycles. The quantitative estimate of drug-likeness (QED) is 0.930. The molecule has 1 fully saturated rings. The zero-order valence-corrected chi connectivity index (χ0v) is 14.5. The molecule has 1 N–H and O–H groups in total. The summed E-state index contributed by atoms with van der Waals surface area (Å²) in [6.07, 6.45) is 3.80. The molecular formula is C14H24N2O2S2. The molecular weight excluding hydrogens is 292 g/mol. The van der Waals surface area contributed by atoms with Crippen LogP contribution < -0.4 is 5.32 Å². The van der Waals surface area contributed by atoms with Crippen molar-refractivity contribution < 1.29 is 8.42 Å². The molecule has 1 aromatic rings. The summed E-state index contributed by atoms with van der Waals surface area (Å²) in [4.78, 5) is 4.76. The minimum Gasteiger partial charge on any atom is -0.307 e. The van der Waals surface area contributed by atoms with E-state index in [1.54, 1.807) is 11.3 Å². The van der Waals surface area contributed by atoms with Crippen LogP contribution in [0.2, 0.25) is 0 Å². The Morgan fingerprint density at radius 2 is 2.10 bits per heavy atom. The summed E-state index contributed by atoms with van der Waals surface area (Å²) in [6, 6.07) is 0. The molecule has 4 nitrogen and oxygen atoms in total. The molecule has 6 heteroatoms. The number of aromatic nitrogens is 1. The molecule has 2 rings (SSSR count). The Labute approximate surface area is 125 Å². The number of nitrogens with one attached hydrogen (secondary N) is 1. The first-order valence-electron chi connectivity index (χ1n) is 6.95. The van der Waals surface area contributed by atoms with E-state index in [1.165, 1.54) is 6.26 Å². The number of rotatable bonds is 3. The van der Waals surface area contributed by atoms with Gasteiger partial charge in [0, 0.05) is 17.1 Å². The molecule has 1 saturated carbocycles. The highest BCUT2D eigenvalue weighted by Gasteiger charge is 2.50. The molecule has 1 heterocycles. The van der Waals surface area contributed by atoms with Gasteiger partial charge in [0.05, 0.1) is 16.5 Å². The summed E-state index contributed by atoms with van der Waals surface area (Å²) in [5.74, 6) is 0. The third-order valence-electron chi connectivity index (χ3n) is 4.20. The average molecular weight is 316 g/mol. The molecule has 1 aliphatic rings. The van der Waals surface area contributed by atoms with E-state index in [0.29, 0.717) is 6.42 Å². The van der Waals surface area contributed by atoms with E-state index < -0.39 is 15.4 Å². The van der Waals surface area contributed by atoms with Gasteiger partial charge in [-0.15, -0.1) is 11.3 Å². The van der Waals surface area contributed by atoms with Gasteiger partial charge in [0.25, 0.3) is 0 Å². The van der Waals surface area contributed by atoms with Crippen LogP contribution in [0.1, 0.15) is 50.7 Å². The second-order valence-corrected chi connectivity index (χ2v) is 9.81. The van der Waals surface area contributed by atoms with Gasteiger partial charge in [-0.2, -0.15) is 0 Å². The third-order valence-corrected chi connectivity index (χ3v) is 6.90. The molecule has 0 aliphatic heterocycles. The van der Waals surface area contributed by atoms with Crippen molar-refractivity contribution in [1.82, 2.24) is 10.3 Å². The van der Waals surface area contributed by atoms with Crippen molar-refractivity contribution in [3.8, 4) is 0 Å². The lowest BCUT2D eigenvalue weighted by atomic mass is 9.93. The number of sulfone groups is 1. The topological polar surface area (TPSA) is 59.1 Å². The molecule has 1 aromatic heterocycles. The SMILES string of the molecule is CNC1(c2nc(C(C)(C)C)cs2)CCCC1S(C)(=O)=O. The molecule has 2 atom stereocenters. The summed E-state index contributed by atoms with van der Waals surface area (Å²) in [5, 5.41) is 5.88. The third kappa shape index (κ3) is 2.65. The summed E-state index contributed by atoms with van der Waals surface area (Å²) in [7, 11) is -1.24. The van der Waals surface area contributed by atoms with Gasteiger partial charge in [-0.1, -0.05) is 20.8 Å². The first-order valence-corrected chi connectivity index (χ1v) is 9.79. The Morgan fingerprint density at radius 3 is 2.55 bits per heavy atom. The standard InChI is InChI=1S/C14H24N2O2S2/c1-13(2,3)10-9-19-12(16-10)14(15-4)8-6-7-11(14)20(5,17)18/h9,11,15H,6-8H2,1-5H3. The van der Waals surface area contributed by atoms with Crippen LogP contribution in [0.4, 0.5) is 0 Å². The van der Waals surface area contributed by atoms with Crippen molar-refractivity contribution in [3.05, 3.63) is 16.1 Å². The summed E-state index contributed by atoms with van der Waals surface area (Å²) in [6.45, 7) is 6.38. The van der Waals surface area contributed by atoms with Crippen molar-refractivity contribution in [1.29, 1.82) is 0 Å². The largest absolute Gasteiger partial charge is 0.307 e. The van der Waals surface area contributed by atoms with Gasteiger partial charge in [-0.05, 0) is 26.3 Å². The van der Waals surface area contributed by atoms with Crippen LogP contribution in [-0.2, 0) is 20.8 Å². The van der Waals surface area contributed by atoms with Crippen molar-refractivity contribution in [2.45, 2.75) is 56.2 Å². The average Bonchev–Trinajstić information content (AvgIpc) is 2.94. The normalized spacial score (nSPS) is 27.9. The molecule has 0 radical (unpaired) electrons. The van der Waals surface area contributed by atoms with Gasteiger partial charge in [0.1, 0.15) is 5.01 Å². The van der Waals surface area contributed by atoms with Crippen LogP contribution >= 0.6 is 11.3 Å². The number of thiazole rings is 1. The summed E-state index contributed by atoms with van der Waals surface area (Å²) in [5.41, 5.74) is 0.510. The molecule has 0 aromatic carbocycles. The second kappa shape index (κ2) is 5.07. The molecule has 114 valence electrons. The van der Waals surface area contributed by atoms with Crippen LogP contribution in [0.15, 0.2) is 5.38 Å². The molecule has 2 unspecified atom stereocenters. The van der Waals surface area contributed by atoms with Gasteiger partial charge in [-0.25, -0.2) is 13.4 Å². The van der Waals surface area contributed by atoms with Crippen LogP contribution in [0, 0.1) is 0 Å². The molecule has 0 spiro atoms. The Bertz CT molecular complexity index is 587. The zero-order valence-electron chi connectivity index (χ0n) is 12.9. The lowest BCUT2D eigenvalue weighted by Crippen LogP contribution is -2.49. The predicted molar refractivity (Wildman–Crippen MR) is 84.0 cm³/mol. The van der Waals surface area contributed by atoms with E-state index >= 15 is 0 Å². The monoisotopic (exact) mass is 316 g/mol. The van der Waals surface area contributed by atoms with E-state index in [0.717, 1.165) is 23.5 Å². The predicted octanol–water partition coefficient (Wildman–Crippen LogP) is 2.45. The van der Waals surface area contributed by atoms with Gasteiger partial charge in [0.15, 0.2) is 9.84 Å². The van der Waals surface area contributed by atoms with Gasteiger partial charge >= 0.3 is 0 Å². The van der Waals surface area contributed by atoms with E-state index in [1.807, 2.05) is 7.05 Å². The molecule has 20 heavy (non-hydrogen) atoms.